The van der Waals surface area contributed by atoms with Crippen LogP contribution in [0.3, 0.4) is 0 Å². The molecule has 3 N–H and O–H groups in total. The van der Waals surface area contributed by atoms with Crippen molar-refractivity contribution in [3.05, 3.63) is 193 Å². The number of carbonyl (C=O) groups excluding carboxylic acids is 1. The minimum atomic E-state index is -0.165. The second kappa shape index (κ2) is 16.6. The average Bonchev–Trinajstić information content (AvgIpc) is 4.18. The molecule has 61 heavy (non-hydrogen) atoms. The average molecular weight is 792 g/mol. The number of aromatic nitrogens is 6. The standard InChI is InChI=1S/C53H41N7O/c61-48(55-30-13-32-60-33-31-54-35-60)29-22-40-34-47-51(38-18-9-3-10-19-38)45-26-25-43(57-45)49(36-14-5-1-6-15-36)41-23-24-42(56-41)50(37-16-7-2-8-17-37)44-27-28-46(58-44)52(53(40)59-47)39-20-11-4-12-21-39/h1-12,14-29,31,33-35,57,59H,13,30,32H2,(H,55,61)/b29-22-,49-41?,49-43?,50-42?,50-44?,51-45?,51-47?,52-46?,53-52?. The van der Waals surface area contributed by atoms with Crippen molar-refractivity contribution >= 4 is 58.4 Å². The molecular formula is C53H41N7O. The SMILES string of the molecule is O=C(/C=C\c1cc2[nH]c1c(-c1ccccc1)c1nc(c(-c3ccccc3)c3nc(c(-c4ccccc4)c4ccc([nH]4)c2-c2ccccc2)C=C3)C=C1)NCCCn1ccnc1. The van der Waals surface area contributed by atoms with E-state index in [0.29, 0.717) is 6.54 Å². The van der Waals surface area contributed by atoms with Crippen LogP contribution < -0.4 is 5.32 Å². The Kier molecular flexibility index (Phi) is 10.1. The van der Waals surface area contributed by atoms with Gasteiger partial charge in [0.1, 0.15) is 0 Å². The molecule has 2 aliphatic rings. The zero-order chi connectivity index (χ0) is 41.0. The number of aromatic amines is 2. The maximum atomic E-state index is 13.4. The molecule has 0 saturated carbocycles. The van der Waals surface area contributed by atoms with Crippen molar-refractivity contribution in [2.75, 3.05) is 6.54 Å². The third-order valence-electron chi connectivity index (χ3n) is 11.0. The van der Waals surface area contributed by atoms with Gasteiger partial charge in [0.15, 0.2) is 0 Å². The fourth-order valence-corrected chi connectivity index (χ4v) is 8.19. The second-order valence-corrected chi connectivity index (χ2v) is 15.0. The van der Waals surface area contributed by atoms with Crippen molar-refractivity contribution in [1.82, 2.24) is 34.8 Å². The smallest absolute Gasteiger partial charge is 0.244 e. The first kappa shape index (κ1) is 37.2. The number of amides is 1. The molecular weight excluding hydrogens is 751 g/mol. The number of nitrogens with one attached hydrogen (secondary N) is 3. The molecule has 8 nitrogen and oxygen atoms in total. The molecule has 0 unspecified atom stereocenters. The van der Waals surface area contributed by atoms with E-state index in [1.54, 1.807) is 18.6 Å². The summed E-state index contributed by atoms with van der Waals surface area (Å²) in [5.74, 6) is -0.165. The van der Waals surface area contributed by atoms with Gasteiger partial charge in [-0.3, -0.25) is 4.79 Å². The van der Waals surface area contributed by atoms with Crippen molar-refractivity contribution in [1.29, 1.82) is 0 Å². The fraction of sp³-hybridized carbons (Fsp3) is 0.0566. The van der Waals surface area contributed by atoms with E-state index in [9.17, 15) is 4.79 Å². The van der Waals surface area contributed by atoms with Crippen LogP contribution in [0.15, 0.2) is 164 Å². The molecule has 4 aromatic heterocycles. The van der Waals surface area contributed by atoms with E-state index >= 15 is 0 Å². The Morgan fingerprint density at radius 3 is 1.66 bits per heavy atom. The Bertz CT molecular complexity index is 3120. The molecule has 8 bridgehead atoms. The third-order valence-corrected chi connectivity index (χ3v) is 11.0. The molecule has 2 aliphatic heterocycles. The van der Waals surface area contributed by atoms with Crippen LogP contribution in [0.4, 0.5) is 0 Å². The highest BCUT2D eigenvalue weighted by Crippen LogP contribution is 2.39. The van der Waals surface area contributed by atoms with Crippen LogP contribution in [0, 0.1) is 0 Å². The number of H-pyrrole nitrogens is 2. The topological polar surface area (TPSA) is 104 Å². The van der Waals surface area contributed by atoms with E-state index in [4.69, 9.17) is 9.97 Å². The highest BCUT2D eigenvalue weighted by atomic mass is 16.1. The van der Waals surface area contributed by atoms with Crippen LogP contribution >= 0.6 is 0 Å². The maximum Gasteiger partial charge on any atom is 0.244 e. The molecule has 8 aromatic rings. The summed E-state index contributed by atoms with van der Waals surface area (Å²) in [6.07, 6.45) is 18.2. The third kappa shape index (κ3) is 7.66. The van der Waals surface area contributed by atoms with Gasteiger partial charge in [-0.05, 0) is 77.3 Å². The van der Waals surface area contributed by atoms with Crippen molar-refractivity contribution in [2.45, 2.75) is 13.0 Å². The van der Waals surface area contributed by atoms with E-state index in [1.165, 1.54) is 0 Å². The minimum Gasteiger partial charge on any atom is -0.354 e. The van der Waals surface area contributed by atoms with Gasteiger partial charge in [0.2, 0.25) is 5.91 Å². The number of aryl methyl sites for hydroxylation is 1. The number of hydrogen-bond donors (Lipinski definition) is 3. The molecule has 8 heteroatoms. The number of fused-ring (bicyclic) bond motifs is 8. The summed E-state index contributed by atoms with van der Waals surface area (Å²) in [6.45, 7) is 1.31. The molecule has 0 aliphatic carbocycles. The van der Waals surface area contributed by atoms with Gasteiger partial charge >= 0.3 is 0 Å². The lowest BCUT2D eigenvalue weighted by atomic mass is 10.0. The summed E-state index contributed by atoms with van der Waals surface area (Å²) < 4.78 is 2.01. The number of nitrogens with zero attached hydrogens (tertiary/aromatic N) is 4. The Hall–Kier alpha value is -8.10. The van der Waals surface area contributed by atoms with E-state index in [1.807, 2.05) is 65.4 Å². The molecule has 4 aromatic carbocycles. The normalized spacial score (nSPS) is 12.0. The van der Waals surface area contributed by atoms with Gasteiger partial charge in [-0.1, -0.05) is 121 Å². The summed E-state index contributed by atoms with van der Waals surface area (Å²) in [6, 6.07) is 47.9. The highest BCUT2D eigenvalue weighted by molar-refractivity contribution is 6.03. The van der Waals surface area contributed by atoms with Gasteiger partial charge in [0.25, 0.3) is 0 Å². The Balaban J connectivity index is 1.28. The van der Waals surface area contributed by atoms with Crippen molar-refractivity contribution < 1.29 is 4.79 Å². The fourth-order valence-electron chi connectivity index (χ4n) is 8.19. The van der Waals surface area contributed by atoms with Crippen molar-refractivity contribution in [3.8, 4) is 44.5 Å². The summed E-state index contributed by atoms with van der Waals surface area (Å²) in [5.41, 5.74) is 15.6. The second-order valence-electron chi connectivity index (χ2n) is 15.0. The first-order chi connectivity index (χ1) is 30.2. The zero-order valence-electron chi connectivity index (χ0n) is 33.3. The van der Waals surface area contributed by atoms with Crippen LogP contribution in [0.1, 0.15) is 34.8 Å². The molecule has 6 heterocycles. The molecule has 0 radical (unpaired) electrons. The van der Waals surface area contributed by atoms with Gasteiger partial charge in [-0.2, -0.15) is 0 Å². The van der Waals surface area contributed by atoms with Gasteiger partial charge < -0.3 is 19.9 Å². The quantitative estimate of drug-likeness (QED) is 0.0947. The highest BCUT2D eigenvalue weighted by Gasteiger charge is 2.20. The number of benzene rings is 4. The molecule has 0 atom stereocenters. The van der Waals surface area contributed by atoms with Crippen LogP contribution in [0.5, 0.6) is 0 Å². The summed E-state index contributed by atoms with van der Waals surface area (Å²) in [7, 11) is 0. The first-order valence-electron chi connectivity index (χ1n) is 20.5. The summed E-state index contributed by atoms with van der Waals surface area (Å²) >= 11 is 0. The predicted molar refractivity (Wildman–Crippen MR) is 249 cm³/mol. The number of carbonyl (C=O) groups is 1. The van der Waals surface area contributed by atoms with Crippen LogP contribution in [-0.2, 0) is 11.3 Å². The molecule has 0 spiro atoms. The number of imidazole rings is 1. The molecule has 10 rings (SSSR count). The molecule has 0 fully saturated rings. The van der Waals surface area contributed by atoms with Crippen molar-refractivity contribution in [2.24, 2.45) is 0 Å². The van der Waals surface area contributed by atoms with E-state index in [-0.39, 0.29) is 5.91 Å². The van der Waals surface area contributed by atoms with E-state index < -0.39 is 0 Å². The lowest BCUT2D eigenvalue weighted by Crippen LogP contribution is -2.22. The van der Waals surface area contributed by atoms with Crippen LogP contribution in [-0.4, -0.2) is 41.9 Å². The van der Waals surface area contributed by atoms with Crippen molar-refractivity contribution in [3.63, 3.8) is 0 Å². The lowest BCUT2D eigenvalue weighted by Gasteiger charge is -2.07. The van der Waals surface area contributed by atoms with Crippen LogP contribution in [0.25, 0.3) is 97.0 Å². The number of hydrogen-bond acceptors (Lipinski definition) is 4. The predicted octanol–water partition coefficient (Wildman–Crippen LogP) is 11.7. The van der Waals surface area contributed by atoms with Gasteiger partial charge in [0.05, 0.1) is 34.6 Å². The summed E-state index contributed by atoms with van der Waals surface area (Å²) in [5, 5.41) is 3.07. The van der Waals surface area contributed by atoms with Gasteiger partial charge in [0, 0.05) is 75.9 Å². The number of rotatable bonds is 10. The van der Waals surface area contributed by atoms with Gasteiger partial charge in [-0.25, -0.2) is 15.0 Å². The molecule has 1 amide bonds. The first-order valence-corrected chi connectivity index (χ1v) is 20.5. The molecule has 294 valence electrons. The Morgan fingerprint density at radius 1 is 0.574 bits per heavy atom. The van der Waals surface area contributed by atoms with E-state index in [2.05, 4.69) is 136 Å². The monoisotopic (exact) mass is 791 g/mol. The molecule has 0 saturated heterocycles. The Morgan fingerprint density at radius 2 is 1.08 bits per heavy atom. The van der Waals surface area contributed by atoms with Gasteiger partial charge in [-0.15, -0.1) is 0 Å². The Labute approximate surface area is 353 Å². The van der Waals surface area contributed by atoms with Crippen LogP contribution in [0.2, 0.25) is 0 Å². The summed E-state index contributed by atoms with van der Waals surface area (Å²) in [4.78, 5) is 36.1. The minimum absolute atomic E-state index is 0.165. The lowest BCUT2D eigenvalue weighted by molar-refractivity contribution is -0.116. The largest absolute Gasteiger partial charge is 0.354 e. The van der Waals surface area contributed by atoms with E-state index in [0.717, 1.165) is 108 Å². The zero-order valence-corrected chi connectivity index (χ0v) is 33.3. The maximum absolute atomic E-state index is 13.4.